The van der Waals surface area contributed by atoms with Crippen molar-refractivity contribution in [3.05, 3.63) is 30.3 Å². The Balaban J connectivity index is 1.73. The van der Waals surface area contributed by atoms with Crippen molar-refractivity contribution in [2.45, 2.75) is 49.5 Å². The van der Waals surface area contributed by atoms with Crippen LogP contribution in [0.5, 0.6) is 0 Å². The minimum Gasteiger partial charge on any atom is -0.338 e. The van der Waals surface area contributed by atoms with E-state index >= 15 is 0 Å². The highest BCUT2D eigenvalue weighted by Gasteiger charge is 2.21. The highest BCUT2D eigenvalue weighted by molar-refractivity contribution is 7.91. The van der Waals surface area contributed by atoms with Gasteiger partial charge in [0.25, 0.3) is 0 Å². The molecule has 1 aromatic rings. The molecule has 1 aliphatic carbocycles. The Kier molecular flexibility index (Phi) is 6.45. The number of sulfone groups is 1. The summed E-state index contributed by atoms with van der Waals surface area (Å²) in [5, 5.41) is 2.83. The Morgan fingerprint density at radius 3 is 2.48 bits per heavy atom. The number of hydrogen-bond acceptors (Lipinski definition) is 3. The number of rotatable bonds is 6. The summed E-state index contributed by atoms with van der Waals surface area (Å²) in [6.45, 7) is 0.377. The standard InChI is InChI=1S/C17H26N2O3S/c1-19(15-9-4-2-5-10-15)17(20)18-13-8-14-23(21,22)16-11-6-3-7-12-16/h3,6-7,11-12,15H,2,4-5,8-10,13-14H2,1H3,(H,18,20). The number of nitrogens with one attached hydrogen (secondary N) is 1. The zero-order valence-corrected chi connectivity index (χ0v) is 14.5. The summed E-state index contributed by atoms with van der Waals surface area (Å²) in [5.41, 5.74) is 0. The van der Waals surface area contributed by atoms with Crippen molar-refractivity contribution in [1.82, 2.24) is 10.2 Å². The van der Waals surface area contributed by atoms with Gasteiger partial charge in [-0.05, 0) is 31.4 Å². The van der Waals surface area contributed by atoms with Crippen molar-refractivity contribution in [3.8, 4) is 0 Å². The SMILES string of the molecule is CN(C(=O)NCCCS(=O)(=O)c1ccccc1)C1CCCCC1. The second kappa shape index (κ2) is 8.34. The molecule has 0 radical (unpaired) electrons. The smallest absolute Gasteiger partial charge is 0.317 e. The predicted molar refractivity (Wildman–Crippen MR) is 91.1 cm³/mol. The molecule has 0 atom stereocenters. The monoisotopic (exact) mass is 338 g/mol. The maximum absolute atomic E-state index is 12.1. The third-order valence-corrected chi connectivity index (χ3v) is 6.23. The summed E-state index contributed by atoms with van der Waals surface area (Å²) in [4.78, 5) is 14.2. The molecule has 2 rings (SSSR count). The summed E-state index contributed by atoms with van der Waals surface area (Å²) in [6, 6.07) is 8.64. The van der Waals surface area contributed by atoms with Crippen molar-refractivity contribution in [2.75, 3.05) is 19.3 Å². The van der Waals surface area contributed by atoms with Crippen LogP contribution in [-0.2, 0) is 9.84 Å². The van der Waals surface area contributed by atoms with Crippen molar-refractivity contribution in [3.63, 3.8) is 0 Å². The second-order valence-corrected chi connectivity index (χ2v) is 8.23. The van der Waals surface area contributed by atoms with Crippen molar-refractivity contribution < 1.29 is 13.2 Å². The highest BCUT2D eigenvalue weighted by atomic mass is 32.2. The molecule has 6 heteroatoms. The lowest BCUT2D eigenvalue weighted by molar-refractivity contribution is 0.174. The van der Waals surface area contributed by atoms with E-state index in [0.717, 1.165) is 12.8 Å². The minimum absolute atomic E-state index is 0.0461. The first kappa shape index (κ1) is 17.8. The van der Waals surface area contributed by atoms with Crippen LogP contribution in [0.1, 0.15) is 38.5 Å². The molecule has 0 spiro atoms. The lowest BCUT2D eigenvalue weighted by Gasteiger charge is -2.31. The quantitative estimate of drug-likeness (QED) is 0.811. The van der Waals surface area contributed by atoms with Gasteiger partial charge in [0.15, 0.2) is 9.84 Å². The van der Waals surface area contributed by atoms with E-state index in [1.165, 1.54) is 19.3 Å². The van der Waals surface area contributed by atoms with Gasteiger partial charge < -0.3 is 10.2 Å². The Labute approximate surface area is 139 Å². The summed E-state index contributed by atoms with van der Waals surface area (Å²) >= 11 is 0. The van der Waals surface area contributed by atoms with Crippen LogP contribution in [0.4, 0.5) is 4.79 Å². The van der Waals surface area contributed by atoms with Crippen LogP contribution >= 0.6 is 0 Å². The van der Waals surface area contributed by atoms with Crippen LogP contribution in [0.3, 0.4) is 0 Å². The molecule has 23 heavy (non-hydrogen) atoms. The molecule has 1 aromatic carbocycles. The van der Waals surface area contributed by atoms with E-state index in [1.54, 1.807) is 35.2 Å². The first-order valence-electron chi connectivity index (χ1n) is 8.29. The van der Waals surface area contributed by atoms with Gasteiger partial charge in [-0.15, -0.1) is 0 Å². The number of urea groups is 1. The maximum Gasteiger partial charge on any atom is 0.317 e. The Morgan fingerprint density at radius 1 is 1.17 bits per heavy atom. The van der Waals surface area contributed by atoms with Crippen LogP contribution in [0.2, 0.25) is 0 Å². The van der Waals surface area contributed by atoms with Gasteiger partial charge in [-0.1, -0.05) is 37.5 Å². The van der Waals surface area contributed by atoms with E-state index in [4.69, 9.17) is 0 Å². The molecule has 0 heterocycles. The van der Waals surface area contributed by atoms with E-state index in [1.807, 2.05) is 7.05 Å². The van der Waals surface area contributed by atoms with Gasteiger partial charge in [0.2, 0.25) is 0 Å². The van der Waals surface area contributed by atoms with E-state index < -0.39 is 9.84 Å². The topological polar surface area (TPSA) is 66.5 Å². The average molecular weight is 338 g/mol. The number of hydrogen-bond donors (Lipinski definition) is 1. The van der Waals surface area contributed by atoms with Gasteiger partial charge in [0.1, 0.15) is 0 Å². The molecule has 0 bridgehead atoms. The van der Waals surface area contributed by atoms with Gasteiger partial charge in [-0.25, -0.2) is 13.2 Å². The molecule has 0 aliphatic heterocycles. The summed E-state index contributed by atoms with van der Waals surface area (Å²) in [6.07, 6.45) is 6.15. The van der Waals surface area contributed by atoms with E-state index in [2.05, 4.69) is 5.32 Å². The lowest BCUT2D eigenvalue weighted by Crippen LogP contribution is -2.44. The number of carbonyl (C=O) groups is 1. The molecule has 0 unspecified atom stereocenters. The molecule has 5 nitrogen and oxygen atoms in total. The second-order valence-electron chi connectivity index (χ2n) is 6.12. The molecule has 1 fully saturated rings. The maximum atomic E-state index is 12.1. The third kappa shape index (κ3) is 5.23. The van der Waals surface area contributed by atoms with E-state index in [9.17, 15) is 13.2 Å². The summed E-state index contributed by atoms with van der Waals surface area (Å²) in [5.74, 6) is 0.0461. The fourth-order valence-corrected chi connectivity index (χ4v) is 4.29. The molecular weight excluding hydrogens is 312 g/mol. The molecule has 128 valence electrons. The third-order valence-electron chi connectivity index (χ3n) is 4.41. The van der Waals surface area contributed by atoms with Gasteiger partial charge in [-0.2, -0.15) is 0 Å². The van der Waals surface area contributed by atoms with Crippen LogP contribution in [0.15, 0.2) is 35.2 Å². The highest BCUT2D eigenvalue weighted by Crippen LogP contribution is 2.21. The number of nitrogens with zero attached hydrogens (tertiary/aromatic N) is 1. The van der Waals surface area contributed by atoms with Gasteiger partial charge in [0.05, 0.1) is 10.6 Å². The minimum atomic E-state index is -3.26. The molecule has 2 amide bonds. The van der Waals surface area contributed by atoms with E-state index in [0.29, 0.717) is 23.9 Å². The zero-order valence-electron chi connectivity index (χ0n) is 13.7. The number of carbonyl (C=O) groups excluding carboxylic acids is 1. The van der Waals surface area contributed by atoms with Gasteiger partial charge in [0, 0.05) is 19.6 Å². The molecule has 1 aliphatic rings. The van der Waals surface area contributed by atoms with E-state index in [-0.39, 0.29) is 11.8 Å². The van der Waals surface area contributed by atoms with Gasteiger partial charge >= 0.3 is 6.03 Å². The number of benzene rings is 1. The molecule has 0 saturated heterocycles. The molecular formula is C17H26N2O3S. The fraction of sp³-hybridized carbons (Fsp3) is 0.588. The summed E-state index contributed by atoms with van der Waals surface area (Å²) in [7, 11) is -1.44. The Morgan fingerprint density at radius 2 is 1.83 bits per heavy atom. The molecule has 1 saturated carbocycles. The lowest BCUT2D eigenvalue weighted by atomic mass is 9.95. The van der Waals surface area contributed by atoms with Crippen molar-refractivity contribution in [1.29, 1.82) is 0 Å². The first-order valence-corrected chi connectivity index (χ1v) is 9.94. The largest absolute Gasteiger partial charge is 0.338 e. The fourth-order valence-electron chi connectivity index (χ4n) is 2.96. The molecule has 1 N–H and O–H groups in total. The first-order chi connectivity index (χ1) is 11.0. The predicted octanol–water partition coefficient (Wildman–Crippen LogP) is 2.82. The van der Waals surface area contributed by atoms with Crippen LogP contribution in [-0.4, -0.2) is 44.7 Å². The average Bonchev–Trinajstić information content (AvgIpc) is 2.59. The Hall–Kier alpha value is -1.56. The molecule has 0 aromatic heterocycles. The number of amides is 2. The van der Waals surface area contributed by atoms with Crippen molar-refractivity contribution in [2.24, 2.45) is 0 Å². The van der Waals surface area contributed by atoms with Crippen molar-refractivity contribution >= 4 is 15.9 Å². The normalized spacial score (nSPS) is 16.0. The van der Waals surface area contributed by atoms with Crippen LogP contribution in [0.25, 0.3) is 0 Å². The zero-order chi connectivity index (χ0) is 16.7. The Bertz CT molecular complexity index is 596. The van der Waals surface area contributed by atoms with Gasteiger partial charge in [-0.3, -0.25) is 0 Å². The van der Waals surface area contributed by atoms with Crippen LogP contribution in [0, 0.1) is 0 Å². The van der Waals surface area contributed by atoms with Crippen LogP contribution < -0.4 is 5.32 Å². The summed E-state index contributed by atoms with van der Waals surface area (Å²) < 4.78 is 24.3.